The lowest BCUT2D eigenvalue weighted by Gasteiger charge is -2.33. The molecule has 0 bridgehead atoms. The smallest absolute Gasteiger partial charge is 0.224 e. The van der Waals surface area contributed by atoms with Gasteiger partial charge in [-0.1, -0.05) is 13.8 Å². The second-order valence-corrected chi connectivity index (χ2v) is 11.1. The van der Waals surface area contributed by atoms with Gasteiger partial charge in [0.2, 0.25) is 5.91 Å². The number of anilines is 1. The van der Waals surface area contributed by atoms with E-state index in [0.717, 1.165) is 48.0 Å². The maximum absolute atomic E-state index is 14.0. The Bertz CT molecular complexity index is 1500. The Labute approximate surface area is 225 Å². The summed E-state index contributed by atoms with van der Waals surface area (Å²) >= 11 is 0. The van der Waals surface area contributed by atoms with E-state index >= 15 is 0 Å². The van der Waals surface area contributed by atoms with Gasteiger partial charge in [-0.25, -0.2) is 19.8 Å². The predicted molar refractivity (Wildman–Crippen MR) is 146 cm³/mol. The van der Waals surface area contributed by atoms with Gasteiger partial charge < -0.3 is 15.4 Å². The summed E-state index contributed by atoms with van der Waals surface area (Å²) in [6, 6.07) is 8.07. The molecular weight excluding hydrogens is 497 g/mol. The number of phenolic OH excluding ortho intramolecular Hbond substituents is 1. The summed E-state index contributed by atoms with van der Waals surface area (Å²) in [7, 11) is 0. The Hall–Kier alpha value is -3.89. The van der Waals surface area contributed by atoms with Crippen molar-refractivity contribution in [3.05, 3.63) is 66.1 Å². The van der Waals surface area contributed by atoms with Crippen molar-refractivity contribution in [2.75, 3.05) is 5.32 Å². The van der Waals surface area contributed by atoms with E-state index in [1.54, 1.807) is 18.5 Å². The van der Waals surface area contributed by atoms with E-state index in [-0.39, 0.29) is 23.6 Å². The number of aromatic amines is 1. The first-order chi connectivity index (χ1) is 18.8. The van der Waals surface area contributed by atoms with E-state index in [1.807, 2.05) is 26.1 Å². The van der Waals surface area contributed by atoms with Gasteiger partial charge >= 0.3 is 0 Å². The van der Waals surface area contributed by atoms with Crippen LogP contribution in [0.4, 0.5) is 10.1 Å². The molecule has 202 valence electrons. The van der Waals surface area contributed by atoms with Crippen LogP contribution < -0.4 is 16.2 Å². The fourth-order valence-electron chi connectivity index (χ4n) is 6.01. The van der Waals surface area contributed by atoms with E-state index in [1.165, 1.54) is 12.1 Å². The first-order valence-corrected chi connectivity index (χ1v) is 13.4. The Morgan fingerprint density at radius 1 is 1.18 bits per heavy atom. The lowest BCUT2D eigenvalue weighted by Crippen LogP contribution is -2.34. The zero-order chi connectivity index (χ0) is 27.1. The molecule has 4 unspecified atom stereocenters. The van der Waals surface area contributed by atoms with E-state index in [0.29, 0.717) is 41.0 Å². The lowest BCUT2D eigenvalue weighted by molar-refractivity contribution is -0.116. The molecule has 0 spiro atoms. The summed E-state index contributed by atoms with van der Waals surface area (Å²) in [6.07, 6.45) is 8.66. The van der Waals surface area contributed by atoms with Crippen LogP contribution in [-0.4, -0.2) is 37.0 Å². The van der Waals surface area contributed by atoms with Crippen molar-refractivity contribution >= 4 is 22.8 Å². The number of hydrogen-bond donors (Lipinski definition) is 5. The number of imidazole rings is 1. The minimum absolute atomic E-state index is 0.00299. The van der Waals surface area contributed by atoms with Crippen molar-refractivity contribution in [3.8, 4) is 16.9 Å². The van der Waals surface area contributed by atoms with Gasteiger partial charge in [0.25, 0.3) is 0 Å². The van der Waals surface area contributed by atoms with Gasteiger partial charge in [0, 0.05) is 36.5 Å². The van der Waals surface area contributed by atoms with Crippen LogP contribution in [0.25, 0.3) is 22.3 Å². The Morgan fingerprint density at radius 2 is 2.05 bits per heavy atom. The molecule has 9 nitrogen and oxygen atoms in total. The summed E-state index contributed by atoms with van der Waals surface area (Å²) in [6.45, 7) is 4.05. The van der Waals surface area contributed by atoms with Crippen LogP contribution in [0.2, 0.25) is 0 Å². The van der Waals surface area contributed by atoms with Crippen molar-refractivity contribution < 1.29 is 14.3 Å². The van der Waals surface area contributed by atoms with Crippen LogP contribution in [-0.2, 0) is 4.79 Å². The lowest BCUT2D eigenvalue weighted by atomic mass is 9.73. The van der Waals surface area contributed by atoms with Crippen molar-refractivity contribution in [1.29, 1.82) is 0 Å². The molecular formula is C29H32FN7O2. The summed E-state index contributed by atoms with van der Waals surface area (Å²) < 4.78 is 14.0. The summed E-state index contributed by atoms with van der Waals surface area (Å²) in [5.41, 5.74) is 11.3. The molecule has 10 heteroatoms. The number of aromatic nitrogens is 4. The second-order valence-electron chi connectivity index (χ2n) is 11.1. The minimum Gasteiger partial charge on any atom is -0.508 e. The number of benzene rings is 1. The molecule has 2 aliphatic rings. The van der Waals surface area contributed by atoms with Crippen LogP contribution >= 0.6 is 0 Å². The highest BCUT2D eigenvalue weighted by atomic mass is 19.1. The number of nitrogens with zero attached hydrogens (tertiary/aromatic N) is 3. The van der Waals surface area contributed by atoms with Crippen LogP contribution in [0.5, 0.6) is 5.75 Å². The van der Waals surface area contributed by atoms with Crippen molar-refractivity contribution in [2.45, 2.75) is 57.5 Å². The third-order valence-corrected chi connectivity index (χ3v) is 7.76. The molecule has 0 radical (unpaired) electrons. The summed E-state index contributed by atoms with van der Waals surface area (Å²) in [4.78, 5) is 29.4. The topological polar surface area (TPSA) is 128 Å². The molecule has 1 saturated heterocycles. The standard InChI is InChI=1S/C29H32FN7O2/c1-15(2)7-25(39)33-20-9-18(13-31-14-20)16-3-4-24-23(11-16)27(37-36-24)29-34-26-22(5-6-32-28(26)35-29)17-8-19(30)12-21(38)10-17/h5-6,8-10,12-16,23-24,27,36-38H,3-4,7,11H2,1-2H3,(H,33,39)(H,32,34,35). The Morgan fingerprint density at radius 3 is 2.87 bits per heavy atom. The van der Waals surface area contributed by atoms with Crippen LogP contribution in [0.1, 0.15) is 62.9 Å². The maximum atomic E-state index is 14.0. The first-order valence-electron chi connectivity index (χ1n) is 13.4. The fourth-order valence-corrected chi connectivity index (χ4v) is 6.01. The molecule has 1 aliphatic heterocycles. The van der Waals surface area contributed by atoms with Gasteiger partial charge in [0.15, 0.2) is 5.65 Å². The maximum Gasteiger partial charge on any atom is 0.224 e. The second kappa shape index (κ2) is 10.3. The highest BCUT2D eigenvalue weighted by Crippen LogP contribution is 2.44. The number of nitrogens with one attached hydrogen (secondary N) is 4. The number of pyridine rings is 2. The van der Waals surface area contributed by atoms with Gasteiger partial charge in [-0.3, -0.25) is 15.2 Å². The molecule has 6 rings (SSSR count). The highest BCUT2D eigenvalue weighted by Gasteiger charge is 2.42. The first kappa shape index (κ1) is 25.4. The van der Waals surface area contributed by atoms with Gasteiger partial charge in [0.05, 0.1) is 23.4 Å². The van der Waals surface area contributed by atoms with Gasteiger partial charge in [-0.15, -0.1) is 0 Å². The number of H-pyrrole nitrogens is 1. The molecule has 4 heterocycles. The van der Waals surface area contributed by atoms with Crippen LogP contribution in [0.3, 0.4) is 0 Å². The molecule has 1 saturated carbocycles. The quantitative estimate of drug-likeness (QED) is 0.239. The average molecular weight is 530 g/mol. The fraction of sp³-hybridized carbons (Fsp3) is 0.379. The molecule has 39 heavy (non-hydrogen) atoms. The highest BCUT2D eigenvalue weighted by molar-refractivity contribution is 5.91. The third kappa shape index (κ3) is 5.22. The van der Waals surface area contributed by atoms with E-state index in [4.69, 9.17) is 4.98 Å². The Kier molecular flexibility index (Phi) is 6.74. The van der Waals surface area contributed by atoms with Gasteiger partial charge in [0.1, 0.15) is 17.4 Å². The van der Waals surface area contributed by atoms with E-state index in [2.05, 4.69) is 31.1 Å². The molecule has 1 amide bonds. The number of rotatable bonds is 6. The number of halogens is 1. The predicted octanol–water partition coefficient (Wildman–Crippen LogP) is 4.95. The molecule has 5 N–H and O–H groups in total. The normalized spacial score (nSPS) is 22.8. The largest absolute Gasteiger partial charge is 0.508 e. The van der Waals surface area contributed by atoms with Crippen molar-refractivity contribution in [1.82, 2.24) is 30.8 Å². The number of fused-ring (bicyclic) bond motifs is 2. The van der Waals surface area contributed by atoms with Gasteiger partial charge in [-0.05, 0) is 72.4 Å². The van der Waals surface area contributed by atoms with E-state index < -0.39 is 5.82 Å². The third-order valence-electron chi connectivity index (χ3n) is 7.76. The van der Waals surface area contributed by atoms with Crippen LogP contribution in [0.15, 0.2) is 48.9 Å². The molecule has 2 fully saturated rings. The summed E-state index contributed by atoms with van der Waals surface area (Å²) in [5, 5.41) is 12.9. The van der Waals surface area contributed by atoms with Crippen molar-refractivity contribution in [3.63, 3.8) is 0 Å². The van der Waals surface area contributed by atoms with Crippen molar-refractivity contribution in [2.24, 2.45) is 11.8 Å². The zero-order valence-corrected chi connectivity index (χ0v) is 21.9. The SMILES string of the molecule is CC(C)CC(=O)Nc1cncc(C2CCC3NNC(c4nc5nccc(-c6cc(O)cc(F)c6)c5[nH]4)C3C2)c1. The molecule has 4 atom stereocenters. The number of aromatic hydroxyl groups is 1. The number of hydrazine groups is 1. The zero-order valence-electron chi connectivity index (χ0n) is 21.9. The number of phenols is 1. The number of carbonyl (C=O) groups excluding carboxylic acids is 1. The van der Waals surface area contributed by atoms with E-state index in [9.17, 15) is 14.3 Å². The summed E-state index contributed by atoms with van der Waals surface area (Å²) in [5.74, 6) is 0.989. The molecule has 1 aromatic carbocycles. The number of hydrogen-bond acceptors (Lipinski definition) is 7. The number of amides is 1. The monoisotopic (exact) mass is 529 g/mol. The average Bonchev–Trinajstić information content (AvgIpc) is 3.51. The molecule has 1 aliphatic carbocycles. The molecule has 3 aromatic heterocycles. The van der Waals surface area contributed by atoms with Gasteiger partial charge in [-0.2, -0.15) is 0 Å². The minimum atomic E-state index is -0.509. The molecule has 4 aromatic rings. The van der Waals surface area contributed by atoms with Crippen LogP contribution in [0, 0.1) is 17.7 Å². The Balaban J connectivity index is 1.24. The number of carbonyl (C=O) groups is 1.